The molecule has 4 heteroatoms. The fraction of sp³-hybridized carbons (Fsp3) is 0.333. The second-order valence-electron chi connectivity index (χ2n) is 4.17. The zero-order chi connectivity index (χ0) is 11.1. The van der Waals surface area contributed by atoms with Gasteiger partial charge in [-0.3, -0.25) is 0 Å². The molecular formula is C12H12BrN3. The van der Waals surface area contributed by atoms with E-state index in [4.69, 9.17) is 0 Å². The molecule has 1 aliphatic carbocycles. The Morgan fingerprint density at radius 3 is 2.75 bits per heavy atom. The Labute approximate surface area is 103 Å². The fourth-order valence-electron chi connectivity index (χ4n) is 1.80. The Morgan fingerprint density at radius 1 is 1.31 bits per heavy atom. The molecule has 0 bridgehead atoms. The molecule has 0 aliphatic heterocycles. The van der Waals surface area contributed by atoms with Crippen molar-refractivity contribution in [2.45, 2.75) is 18.8 Å². The van der Waals surface area contributed by atoms with Crippen LogP contribution in [0.3, 0.4) is 0 Å². The SMILES string of the molecule is Cn1nc(C2CC2)nc1-c1ccccc1Br. The number of aryl methyl sites for hydroxylation is 1. The first-order valence-electron chi connectivity index (χ1n) is 5.41. The van der Waals surface area contributed by atoms with Gasteiger partial charge in [-0.2, -0.15) is 5.10 Å². The molecule has 82 valence electrons. The van der Waals surface area contributed by atoms with Crippen LogP contribution in [0.1, 0.15) is 24.6 Å². The van der Waals surface area contributed by atoms with Crippen LogP contribution >= 0.6 is 15.9 Å². The number of aromatic nitrogens is 3. The third-order valence-electron chi connectivity index (χ3n) is 2.84. The average molecular weight is 278 g/mol. The number of benzene rings is 1. The summed E-state index contributed by atoms with van der Waals surface area (Å²) < 4.78 is 2.93. The minimum absolute atomic E-state index is 0.599. The fourth-order valence-corrected chi connectivity index (χ4v) is 2.26. The summed E-state index contributed by atoms with van der Waals surface area (Å²) >= 11 is 3.55. The van der Waals surface area contributed by atoms with Crippen LogP contribution in [0, 0.1) is 0 Å². The summed E-state index contributed by atoms with van der Waals surface area (Å²) in [6.45, 7) is 0. The number of rotatable bonds is 2. The van der Waals surface area contributed by atoms with Gasteiger partial charge in [-0.25, -0.2) is 9.67 Å². The second kappa shape index (κ2) is 3.70. The van der Waals surface area contributed by atoms with E-state index in [0.717, 1.165) is 21.7 Å². The summed E-state index contributed by atoms with van der Waals surface area (Å²) in [5.74, 6) is 2.53. The van der Waals surface area contributed by atoms with Crippen molar-refractivity contribution in [2.75, 3.05) is 0 Å². The largest absolute Gasteiger partial charge is 0.249 e. The standard InChI is InChI=1S/C12H12BrN3/c1-16-12(9-4-2-3-5-10(9)13)14-11(15-16)8-6-7-8/h2-5,8H,6-7H2,1H3. The first-order chi connectivity index (χ1) is 7.75. The lowest BCUT2D eigenvalue weighted by atomic mass is 10.2. The highest BCUT2D eigenvalue weighted by Crippen LogP contribution is 2.39. The van der Waals surface area contributed by atoms with Gasteiger partial charge >= 0.3 is 0 Å². The van der Waals surface area contributed by atoms with Gasteiger partial charge in [-0.1, -0.05) is 34.1 Å². The van der Waals surface area contributed by atoms with Crippen molar-refractivity contribution in [3.8, 4) is 11.4 Å². The maximum Gasteiger partial charge on any atom is 0.159 e. The van der Waals surface area contributed by atoms with Crippen molar-refractivity contribution in [2.24, 2.45) is 7.05 Å². The number of hydrogen-bond donors (Lipinski definition) is 0. The van der Waals surface area contributed by atoms with Crippen LogP contribution in [0.4, 0.5) is 0 Å². The molecule has 0 atom stereocenters. The molecule has 1 heterocycles. The van der Waals surface area contributed by atoms with Gasteiger partial charge in [-0.05, 0) is 18.9 Å². The van der Waals surface area contributed by atoms with Crippen LogP contribution in [-0.2, 0) is 7.05 Å². The minimum atomic E-state index is 0.599. The Kier molecular flexibility index (Phi) is 2.32. The van der Waals surface area contributed by atoms with Crippen LogP contribution < -0.4 is 0 Å². The number of nitrogens with zero attached hydrogens (tertiary/aromatic N) is 3. The van der Waals surface area contributed by atoms with Gasteiger partial charge in [0.25, 0.3) is 0 Å². The molecule has 1 fully saturated rings. The van der Waals surface area contributed by atoms with E-state index >= 15 is 0 Å². The molecule has 1 aromatic carbocycles. The summed E-state index contributed by atoms with van der Waals surface area (Å²) in [6.07, 6.45) is 2.47. The zero-order valence-corrected chi connectivity index (χ0v) is 10.6. The third kappa shape index (κ3) is 1.67. The van der Waals surface area contributed by atoms with E-state index in [-0.39, 0.29) is 0 Å². The van der Waals surface area contributed by atoms with Crippen LogP contribution in [0.2, 0.25) is 0 Å². The first kappa shape index (κ1) is 10.0. The molecule has 0 amide bonds. The molecule has 0 spiro atoms. The topological polar surface area (TPSA) is 30.7 Å². The molecule has 1 aliphatic rings. The highest BCUT2D eigenvalue weighted by atomic mass is 79.9. The van der Waals surface area contributed by atoms with E-state index in [0.29, 0.717) is 5.92 Å². The molecule has 0 radical (unpaired) electrons. The van der Waals surface area contributed by atoms with E-state index in [9.17, 15) is 0 Å². The number of halogens is 1. The van der Waals surface area contributed by atoms with Gasteiger partial charge < -0.3 is 0 Å². The Hall–Kier alpha value is -1.16. The second-order valence-corrected chi connectivity index (χ2v) is 5.03. The van der Waals surface area contributed by atoms with Crippen molar-refractivity contribution >= 4 is 15.9 Å². The maximum absolute atomic E-state index is 4.62. The summed E-state index contributed by atoms with van der Waals surface area (Å²) in [4.78, 5) is 4.62. The van der Waals surface area contributed by atoms with E-state index in [1.54, 1.807) is 0 Å². The van der Waals surface area contributed by atoms with Crippen LogP contribution in [0.5, 0.6) is 0 Å². The van der Waals surface area contributed by atoms with Gasteiger partial charge in [0, 0.05) is 23.0 Å². The Bertz CT molecular complexity index is 529. The van der Waals surface area contributed by atoms with E-state index in [2.05, 4.69) is 32.1 Å². The quantitative estimate of drug-likeness (QED) is 0.845. The van der Waals surface area contributed by atoms with E-state index in [1.165, 1.54) is 12.8 Å². The van der Waals surface area contributed by atoms with Crippen LogP contribution in [0.15, 0.2) is 28.7 Å². The average Bonchev–Trinajstić information content (AvgIpc) is 3.04. The van der Waals surface area contributed by atoms with Crippen molar-refractivity contribution in [3.63, 3.8) is 0 Å². The first-order valence-corrected chi connectivity index (χ1v) is 6.21. The molecule has 3 rings (SSSR count). The maximum atomic E-state index is 4.62. The molecule has 0 saturated heterocycles. The van der Waals surface area contributed by atoms with Crippen LogP contribution in [0.25, 0.3) is 11.4 Å². The van der Waals surface area contributed by atoms with E-state index in [1.807, 2.05) is 29.9 Å². The lowest BCUT2D eigenvalue weighted by molar-refractivity contribution is 0.750. The molecule has 1 aromatic heterocycles. The summed E-state index contributed by atoms with van der Waals surface area (Å²) in [7, 11) is 1.95. The number of hydrogen-bond acceptors (Lipinski definition) is 2. The Balaban J connectivity index is 2.08. The van der Waals surface area contributed by atoms with Crippen molar-refractivity contribution < 1.29 is 0 Å². The van der Waals surface area contributed by atoms with Crippen LogP contribution in [-0.4, -0.2) is 14.8 Å². The summed E-state index contributed by atoms with van der Waals surface area (Å²) in [5, 5.41) is 4.47. The van der Waals surface area contributed by atoms with Gasteiger partial charge in [0.05, 0.1) is 0 Å². The molecule has 16 heavy (non-hydrogen) atoms. The lowest BCUT2D eigenvalue weighted by Crippen LogP contribution is -1.95. The molecule has 3 nitrogen and oxygen atoms in total. The zero-order valence-electron chi connectivity index (χ0n) is 9.02. The minimum Gasteiger partial charge on any atom is -0.249 e. The normalized spacial score (nSPS) is 15.4. The van der Waals surface area contributed by atoms with Crippen molar-refractivity contribution in [1.29, 1.82) is 0 Å². The lowest BCUT2D eigenvalue weighted by Gasteiger charge is -2.01. The predicted octanol–water partition coefficient (Wildman–Crippen LogP) is 3.12. The molecule has 0 unspecified atom stereocenters. The van der Waals surface area contributed by atoms with Gasteiger partial charge in [-0.15, -0.1) is 0 Å². The monoisotopic (exact) mass is 277 g/mol. The highest BCUT2D eigenvalue weighted by molar-refractivity contribution is 9.10. The summed E-state index contributed by atoms with van der Waals surface area (Å²) in [5.41, 5.74) is 1.10. The van der Waals surface area contributed by atoms with Gasteiger partial charge in [0.1, 0.15) is 0 Å². The van der Waals surface area contributed by atoms with Gasteiger partial charge in [0.15, 0.2) is 11.6 Å². The highest BCUT2D eigenvalue weighted by Gasteiger charge is 2.28. The van der Waals surface area contributed by atoms with E-state index < -0.39 is 0 Å². The smallest absolute Gasteiger partial charge is 0.159 e. The molecule has 2 aromatic rings. The Morgan fingerprint density at radius 2 is 2.06 bits per heavy atom. The summed E-state index contributed by atoms with van der Waals surface area (Å²) in [6, 6.07) is 8.11. The molecule has 0 N–H and O–H groups in total. The van der Waals surface area contributed by atoms with Crippen molar-refractivity contribution in [3.05, 3.63) is 34.6 Å². The predicted molar refractivity (Wildman–Crippen MR) is 66.1 cm³/mol. The van der Waals surface area contributed by atoms with Gasteiger partial charge in [0.2, 0.25) is 0 Å². The molecular weight excluding hydrogens is 266 g/mol. The van der Waals surface area contributed by atoms with Crippen molar-refractivity contribution in [1.82, 2.24) is 14.8 Å². The third-order valence-corrected chi connectivity index (χ3v) is 3.53. The molecule has 1 saturated carbocycles.